The number of rotatable bonds is 3. The fraction of sp³-hybridized carbons (Fsp3) is 0.353. The van der Waals surface area contributed by atoms with Crippen molar-refractivity contribution >= 4 is 11.9 Å². The van der Waals surface area contributed by atoms with Crippen molar-refractivity contribution in [3.05, 3.63) is 48.5 Å². The molecule has 1 N–H and O–H groups in total. The van der Waals surface area contributed by atoms with Gasteiger partial charge < -0.3 is 14.6 Å². The maximum absolute atomic E-state index is 12.6. The first-order chi connectivity index (χ1) is 11.0. The summed E-state index contributed by atoms with van der Waals surface area (Å²) in [5, 5.41) is 9.36. The van der Waals surface area contributed by atoms with Gasteiger partial charge in [0, 0.05) is 36.7 Å². The summed E-state index contributed by atoms with van der Waals surface area (Å²) in [4.78, 5) is 29.7. The summed E-state index contributed by atoms with van der Waals surface area (Å²) in [6, 6.07) is 7.25. The molecule has 0 radical (unpaired) electrons. The van der Waals surface area contributed by atoms with Gasteiger partial charge in [0.25, 0.3) is 5.91 Å². The second-order valence-corrected chi connectivity index (χ2v) is 6.21. The number of carbonyl (C=O) groups is 2. The summed E-state index contributed by atoms with van der Waals surface area (Å²) in [5.41, 5.74) is 0.640. The van der Waals surface area contributed by atoms with Crippen molar-refractivity contribution in [1.29, 1.82) is 0 Å². The number of nitrogens with zero attached hydrogens (tertiary/aromatic N) is 3. The molecule has 1 aliphatic rings. The number of amides is 1. The van der Waals surface area contributed by atoms with E-state index >= 15 is 0 Å². The van der Waals surface area contributed by atoms with Crippen LogP contribution in [0.4, 0.5) is 0 Å². The maximum Gasteiger partial charge on any atom is 0.311 e. The van der Waals surface area contributed by atoms with Crippen molar-refractivity contribution in [1.82, 2.24) is 14.5 Å². The lowest BCUT2D eigenvalue weighted by Gasteiger charge is -2.37. The monoisotopic (exact) mass is 313 g/mol. The molecule has 1 saturated heterocycles. The van der Waals surface area contributed by atoms with Gasteiger partial charge >= 0.3 is 5.97 Å². The van der Waals surface area contributed by atoms with Gasteiger partial charge in [-0.05, 0) is 44.0 Å². The van der Waals surface area contributed by atoms with Crippen LogP contribution in [0.15, 0.2) is 43.0 Å². The van der Waals surface area contributed by atoms with Crippen LogP contribution < -0.4 is 0 Å². The van der Waals surface area contributed by atoms with E-state index in [0.29, 0.717) is 24.9 Å². The molecule has 1 aliphatic heterocycles. The first-order valence-corrected chi connectivity index (χ1v) is 7.61. The number of carboxylic acids is 1. The van der Waals surface area contributed by atoms with Crippen LogP contribution in [0, 0.1) is 5.41 Å². The summed E-state index contributed by atoms with van der Waals surface area (Å²) in [7, 11) is 0. The first kappa shape index (κ1) is 15.3. The molecule has 2 aromatic rings. The second kappa shape index (κ2) is 5.87. The van der Waals surface area contributed by atoms with Crippen molar-refractivity contribution in [2.75, 3.05) is 13.1 Å². The van der Waals surface area contributed by atoms with Gasteiger partial charge in [-0.15, -0.1) is 0 Å². The number of likely N-dealkylation sites (tertiary alicyclic amines) is 1. The van der Waals surface area contributed by atoms with Crippen LogP contribution in [0.5, 0.6) is 0 Å². The predicted octanol–water partition coefficient (Wildman–Crippen LogP) is 2.20. The number of hydrogen-bond acceptors (Lipinski definition) is 3. The molecule has 1 unspecified atom stereocenters. The Labute approximate surface area is 134 Å². The molecule has 1 aromatic heterocycles. The third kappa shape index (κ3) is 2.97. The number of aromatic nitrogens is 2. The zero-order chi connectivity index (χ0) is 16.4. The molecule has 0 bridgehead atoms. The lowest BCUT2D eigenvalue weighted by Crippen LogP contribution is -2.48. The minimum atomic E-state index is -0.856. The molecule has 0 aliphatic carbocycles. The van der Waals surface area contributed by atoms with Crippen molar-refractivity contribution in [2.45, 2.75) is 19.8 Å². The van der Waals surface area contributed by atoms with Crippen LogP contribution in [-0.2, 0) is 4.79 Å². The Bertz CT molecular complexity index is 709. The maximum atomic E-state index is 12.6. The Hall–Kier alpha value is -2.63. The van der Waals surface area contributed by atoms with E-state index in [2.05, 4.69) is 4.98 Å². The van der Waals surface area contributed by atoms with E-state index in [1.54, 1.807) is 36.5 Å². The predicted molar refractivity (Wildman–Crippen MR) is 84.4 cm³/mol. The molecule has 0 spiro atoms. The van der Waals surface area contributed by atoms with E-state index in [-0.39, 0.29) is 12.5 Å². The Kier molecular flexibility index (Phi) is 3.90. The van der Waals surface area contributed by atoms with Gasteiger partial charge in [0.05, 0.1) is 11.7 Å². The van der Waals surface area contributed by atoms with Gasteiger partial charge in [-0.2, -0.15) is 0 Å². The second-order valence-electron chi connectivity index (χ2n) is 6.21. The van der Waals surface area contributed by atoms with Crippen molar-refractivity contribution in [2.24, 2.45) is 5.41 Å². The number of imidazole rings is 1. The van der Waals surface area contributed by atoms with E-state index in [4.69, 9.17) is 0 Å². The topological polar surface area (TPSA) is 75.4 Å². The largest absolute Gasteiger partial charge is 0.481 e. The number of aliphatic carboxylic acids is 1. The summed E-state index contributed by atoms with van der Waals surface area (Å²) in [6.07, 6.45) is 6.53. The molecule has 3 rings (SSSR count). The summed E-state index contributed by atoms with van der Waals surface area (Å²) in [5.74, 6) is -0.959. The highest BCUT2D eigenvalue weighted by Gasteiger charge is 2.39. The van der Waals surface area contributed by atoms with Gasteiger partial charge in [-0.3, -0.25) is 9.59 Å². The smallest absolute Gasteiger partial charge is 0.311 e. The Morgan fingerprint density at radius 3 is 2.61 bits per heavy atom. The normalized spacial score (nSPS) is 21.2. The third-order valence-corrected chi connectivity index (χ3v) is 4.42. The van der Waals surface area contributed by atoms with Crippen molar-refractivity contribution in [3.63, 3.8) is 0 Å². The average molecular weight is 313 g/mol. The van der Waals surface area contributed by atoms with Gasteiger partial charge in [0.1, 0.15) is 0 Å². The molecule has 6 heteroatoms. The van der Waals surface area contributed by atoms with E-state index in [1.165, 1.54) is 0 Å². The molecule has 2 heterocycles. The van der Waals surface area contributed by atoms with Crippen LogP contribution in [-0.4, -0.2) is 44.5 Å². The van der Waals surface area contributed by atoms with Crippen molar-refractivity contribution < 1.29 is 14.7 Å². The molecule has 23 heavy (non-hydrogen) atoms. The fourth-order valence-electron chi connectivity index (χ4n) is 2.96. The zero-order valence-corrected chi connectivity index (χ0v) is 13.0. The molecule has 1 aromatic carbocycles. The van der Waals surface area contributed by atoms with E-state index < -0.39 is 11.4 Å². The number of carboxylic acid groups (broad SMARTS) is 1. The van der Waals surface area contributed by atoms with Gasteiger partial charge in [-0.1, -0.05) is 0 Å². The van der Waals surface area contributed by atoms with Gasteiger partial charge in [0.15, 0.2) is 0 Å². The lowest BCUT2D eigenvalue weighted by atomic mass is 9.82. The van der Waals surface area contributed by atoms with E-state index in [0.717, 1.165) is 5.69 Å². The number of hydrogen-bond donors (Lipinski definition) is 1. The van der Waals surface area contributed by atoms with Crippen LogP contribution in [0.3, 0.4) is 0 Å². The highest BCUT2D eigenvalue weighted by molar-refractivity contribution is 5.95. The summed E-state index contributed by atoms with van der Waals surface area (Å²) in [6.45, 7) is 2.56. The van der Waals surface area contributed by atoms with E-state index in [1.807, 2.05) is 22.9 Å². The molecule has 1 amide bonds. The molecular weight excluding hydrogens is 294 g/mol. The highest BCUT2D eigenvalue weighted by atomic mass is 16.4. The summed E-state index contributed by atoms with van der Waals surface area (Å²) >= 11 is 0. The first-order valence-electron chi connectivity index (χ1n) is 7.61. The Morgan fingerprint density at radius 1 is 1.26 bits per heavy atom. The third-order valence-electron chi connectivity index (χ3n) is 4.42. The molecule has 1 fully saturated rings. The molecule has 0 saturated carbocycles. The minimum absolute atomic E-state index is 0.116. The molecule has 6 nitrogen and oxygen atoms in total. The van der Waals surface area contributed by atoms with Gasteiger partial charge in [-0.25, -0.2) is 4.98 Å². The fourth-order valence-corrected chi connectivity index (χ4v) is 2.96. The zero-order valence-electron chi connectivity index (χ0n) is 13.0. The number of piperidine rings is 1. The average Bonchev–Trinajstić information content (AvgIpc) is 3.09. The SMILES string of the molecule is CC1(C(=O)O)CCCN(C(=O)c2ccc(-n3ccnc3)cc2)C1. The Balaban J connectivity index is 1.76. The van der Waals surface area contributed by atoms with E-state index in [9.17, 15) is 14.7 Å². The van der Waals surface area contributed by atoms with Crippen LogP contribution in [0.1, 0.15) is 30.1 Å². The lowest BCUT2D eigenvalue weighted by molar-refractivity contribution is -0.150. The van der Waals surface area contributed by atoms with Crippen LogP contribution in [0.25, 0.3) is 5.69 Å². The number of carbonyl (C=O) groups excluding carboxylic acids is 1. The van der Waals surface area contributed by atoms with Crippen molar-refractivity contribution in [3.8, 4) is 5.69 Å². The van der Waals surface area contributed by atoms with Gasteiger partial charge in [0.2, 0.25) is 0 Å². The number of benzene rings is 1. The molecular formula is C17H19N3O3. The van der Waals surface area contributed by atoms with Crippen LogP contribution in [0.2, 0.25) is 0 Å². The standard InChI is InChI=1S/C17H19N3O3/c1-17(16(22)23)7-2-9-19(11-17)15(21)13-3-5-14(6-4-13)20-10-8-18-12-20/h3-6,8,10,12H,2,7,9,11H2,1H3,(H,22,23). The van der Waals surface area contributed by atoms with Crippen LogP contribution >= 0.6 is 0 Å². The molecule has 120 valence electrons. The minimum Gasteiger partial charge on any atom is -0.481 e. The quantitative estimate of drug-likeness (QED) is 0.942. The Morgan fingerprint density at radius 2 is 2.00 bits per heavy atom. The molecule has 1 atom stereocenters. The highest BCUT2D eigenvalue weighted by Crippen LogP contribution is 2.30. The summed E-state index contributed by atoms with van der Waals surface area (Å²) < 4.78 is 1.86.